The highest BCUT2D eigenvalue weighted by molar-refractivity contribution is 5.37. The third-order valence-corrected chi connectivity index (χ3v) is 4.09. The van der Waals surface area contributed by atoms with E-state index < -0.39 is 0 Å². The maximum Gasteiger partial charge on any atom is 0.123 e. The van der Waals surface area contributed by atoms with Crippen LogP contribution in [0, 0.1) is 17.1 Å². The van der Waals surface area contributed by atoms with Crippen molar-refractivity contribution in [3.05, 3.63) is 35.1 Å². The molecule has 1 aromatic carbocycles. The summed E-state index contributed by atoms with van der Waals surface area (Å²) < 4.78 is 13.4. The summed E-state index contributed by atoms with van der Waals surface area (Å²) in [5, 5.41) is 19.3. The molecule has 108 valence electrons. The van der Waals surface area contributed by atoms with E-state index in [4.69, 9.17) is 5.26 Å². The Kier molecular flexibility index (Phi) is 5.11. The summed E-state index contributed by atoms with van der Waals surface area (Å²) in [7, 11) is 0. The van der Waals surface area contributed by atoms with Crippen LogP contribution in [-0.2, 0) is 6.54 Å². The van der Waals surface area contributed by atoms with Gasteiger partial charge in [-0.15, -0.1) is 0 Å². The van der Waals surface area contributed by atoms with E-state index in [0.717, 1.165) is 32.2 Å². The molecule has 20 heavy (non-hydrogen) atoms. The minimum absolute atomic E-state index is 0.114. The van der Waals surface area contributed by atoms with E-state index in [2.05, 4.69) is 11.0 Å². The molecule has 2 atom stereocenters. The van der Waals surface area contributed by atoms with Crippen LogP contribution in [0.25, 0.3) is 0 Å². The third-order valence-electron chi connectivity index (χ3n) is 4.09. The second-order valence-corrected chi connectivity index (χ2v) is 5.42. The summed E-state index contributed by atoms with van der Waals surface area (Å²) in [6.45, 7) is 3.39. The molecule has 0 aromatic heterocycles. The van der Waals surface area contributed by atoms with Crippen LogP contribution in [0.3, 0.4) is 0 Å². The van der Waals surface area contributed by atoms with Gasteiger partial charge in [0, 0.05) is 12.6 Å². The van der Waals surface area contributed by atoms with Gasteiger partial charge in [-0.2, -0.15) is 5.26 Å². The van der Waals surface area contributed by atoms with Crippen LogP contribution in [0.5, 0.6) is 0 Å². The summed E-state index contributed by atoms with van der Waals surface area (Å²) in [5.41, 5.74) is 1.23. The quantitative estimate of drug-likeness (QED) is 0.920. The molecule has 2 unspecified atom stereocenters. The van der Waals surface area contributed by atoms with Crippen molar-refractivity contribution in [1.29, 1.82) is 5.26 Å². The maximum absolute atomic E-state index is 13.4. The molecule has 1 N–H and O–H groups in total. The SMILES string of the molecule is CCC(O)C1CCCCN1Cc1cc(F)ccc1C#N. The molecule has 1 heterocycles. The molecular weight excluding hydrogens is 255 g/mol. The molecule has 0 saturated carbocycles. The standard InChI is InChI=1S/C16H21FN2O/c1-2-16(20)15-5-3-4-8-19(15)11-13-9-14(17)7-6-12(13)10-18/h6-7,9,15-16,20H,2-5,8,11H2,1H3. The summed E-state index contributed by atoms with van der Waals surface area (Å²) in [5.74, 6) is -0.316. The number of hydrogen-bond acceptors (Lipinski definition) is 3. The number of likely N-dealkylation sites (tertiary alicyclic amines) is 1. The van der Waals surface area contributed by atoms with Gasteiger partial charge in [-0.3, -0.25) is 4.90 Å². The van der Waals surface area contributed by atoms with E-state index >= 15 is 0 Å². The molecule has 0 spiro atoms. The van der Waals surface area contributed by atoms with Gasteiger partial charge >= 0.3 is 0 Å². The molecule has 0 bridgehead atoms. The average Bonchev–Trinajstić information content (AvgIpc) is 2.47. The van der Waals surface area contributed by atoms with E-state index in [9.17, 15) is 9.50 Å². The van der Waals surface area contributed by atoms with Crippen molar-refractivity contribution < 1.29 is 9.50 Å². The first-order valence-corrected chi connectivity index (χ1v) is 7.26. The number of nitrogens with zero attached hydrogens (tertiary/aromatic N) is 2. The molecule has 3 nitrogen and oxygen atoms in total. The number of nitriles is 1. The molecular formula is C16H21FN2O. The first-order chi connectivity index (χ1) is 9.65. The summed E-state index contributed by atoms with van der Waals surface area (Å²) in [6, 6.07) is 6.51. The maximum atomic E-state index is 13.4. The first-order valence-electron chi connectivity index (χ1n) is 7.26. The van der Waals surface area contributed by atoms with Crippen LogP contribution in [0.4, 0.5) is 4.39 Å². The average molecular weight is 276 g/mol. The van der Waals surface area contributed by atoms with Gasteiger partial charge in [0.15, 0.2) is 0 Å². The van der Waals surface area contributed by atoms with Gasteiger partial charge < -0.3 is 5.11 Å². The molecule has 1 saturated heterocycles. The Morgan fingerprint density at radius 1 is 1.50 bits per heavy atom. The molecule has 1 aliphatic heterocycles. The zero-order chi connectivity index (χ0) is 14.5. The van der Waals surface area contributed by atoms with E-state index in [1.165, 1.54) is 18.2 Å². The third kappa shape index (κ3) is 3.36. The lowest BCUT2D eigenvalue weighted by molar-refractivity contribution is 0.0194. The van der Waals surface area contributed by atoms with Gasteiger partial charge in [-0.05, 0) is 49.6 Å². The summed E-state index contributed by atoms with van der Waals surface area (Å²) >= 11 is 0. The van der Waals surface area contributed by atoms with Crippen LogP contribution < -0.4 is 0 Å². The van der Waals surface area contributed by atoms with Gasteiger partial charge in [0.2, 0.25) is 0 Å². The fourth-order valence-electron chi connectivity index (χ4n) is 2.94. The van der Waals surface area contributed by atoms with E-state index in [0.29, 0.717) is 17.7 Å². The molecule has 1 aromatic rings. The van der Waals surface area contributed by atoms with Crippen molar-refractivity contribution >= 4 is 0 Å². The smallest absolute Gasteiger partial charge is 0.123 e. The Morgan fingerprint density at radius 3 is 3.00 bits per heavy atom. The van der Waals surface area contributed by atoms with Gasteiger partial charge in [0.05, 0.1) is 17.7 Å². The number of rotatable bonds is 4. The van der Waals surface area contributed by atoms with Crippen molar-refractivity contribution in [1.82, 2.24) is 4.90 Å². The zero-order valence-electron chi connectivity index (χ0n) is 11.8. The predicted molar refractivity (Wildman–Crippen MR) is 75.5 cm³/mol. The number of hydrogen-bond donors (Lipinski definition) is 1. The molecule has 0 aliphatic carbocycles. The Hall–Kier alpha value is -1.44. The van der Waals surface area contributed by atoms with Crippen molar-refractivity contribution in [3.8, 4) is 6.07 Å². The normalized spacial score (nSPS) is 21.4. The van der Waals surface area contributed by atoms with Crippen LogP contribution in [0.15, 0.2) is 18.2 Å². The van der Waals surface area contributed by atoms with Crippen LogP contribution in [0.2, 0.25) is 0 Å². The van der Waals surface area contributed by atoms with Crippen molar-refractivity contribution in [2.75, 3.05) is 6.54 Å². The van der Waals surface area contributed by atoms with Crippen LogP contribution in [0.1, 0.15) is 43.7 Å². The largest absolute Gasteiger partial charge is 0.392 e. The Labute approximate surface area is 119 Å². The Morgan fingerprint density at radius 2 is 2.30 bits per heavy atom. The predicted octanol–water partition coefficient (Wildman–Crippen LogP) is 2.82. The number of halogens is 1. The lowest BCUT2D eigenvalue weighted by Gasteiger charge is -2.38. The van der Waals surface area contributed by atoms with Crippen molar-refractivity contribution in [2.24, 2.45) is 0 Å². The van der Waals surface area contributed by atoms with Gasteiger partial charge in [0.25, 0.3) is 0 Å². The van der Waals surface area contributed by atoms with Gasteiger partial charge in [0.1, 0.15) is 5.82 Å². The number of aliphatic hydroxyl groups is 1. The first kappa shape index (κ1) is 15.0. The molecule has 4 heteroatoms. The van der Waals surface area contributed by atoms with E-state index in [1.807, 2.05) is 6.92 Å². The fraction of sp³-hybridized carbons (Fsp3) is 0.562. The topological polar surface area (TPSA) is 47.3 Å². The second kappa shape index (κ2) is 6.83. The van der Waals surface area contributed by atoms with Crippen molar-refractivity contribution in [3.63, 3.8) is 0 Å². The molecule has 1 aliphatic rings. The number of aliphatic hydroxyl groups excluding tert-OH is 1. The molecule has 0 amide bonds. The lowest BCUT2D eigenvalue weighted by atomic mass is 9.94. The Balaban J connectivity index is 2.18. The minimum Gasteiger partial charge on any atom is -0.392 e. The van der Waals surface area contributed by atoms with Crippen LogP contribution >= 0.6 is 0 Å². The van der Waals surface area contributed by atoms with E-state index in [1.54, 1.807) is 0 Å². The zero-order valence-corrected chi connectivity index (χ0v) is 11.8. The van der Waals surface area contributed by atoms with Gasteiger partial charge in [-0.1, -0.05) is 13.3 Å². The van der Waals surface area contributed by atoms with E-state index in [-0.39, 0.29) is 18.0 Å². The van der Waals surface area contributed by atoms with Crippen LogP contribution in [-0.4, -0.2) is 28.7 Å². The lowest BCUT2D eigenvalue weighted by Crippen LogP contribution is -2.46. The minimum atomic E-state index is -0.352. The Bertz CT molecular complexity index is 498. The van der Waals surface area contributed by atoms with Crippen molar-refractivity contribution in [2.45, 2.75) is 51.3 Å². The second-order valence-electron chi connectivity index (χ2n) is 5.42. The number of benzene rings is 1. The monoisotopic (exact) mass is 276 g/mol. The molecule has 2 rings (SSSR count). The summed E-state index contributed by atoms with van der Waals surface area (Å²) in [4.78, 5) is 2.19. The van der Waals surface area contributed by atoms with Gasteiger partial charge in [-0.25, -0.2) is 4.39 Å². The highest BCUT2D eigenvalue weighted by Crippen LogP contribution is 2.24. The molecule has 0 radical (unpaired) electrons. The fourth-order valence-corrected chi connectivity index (χ4v) is 2.94. The molecule has 1 fully saturated rings. The number of piperidine rings is 1. The highest BCUT2D eigenvalue weighted by Gasteiger charge is 2.28. The summed E-state index contributed by atoms with van der Waals surface area (Å²) in [6.07, 6.45) is 3.53. The highest BCUT2D eigenvalue weighted by atomic mass is 19.1.